The van der Waals surface area contributed by atoms with E-state index in [1.807, 2.05) is 0 Å². The summed E-state index contributed by atoms with van der Waals surface area (Å²) in [4.78, 5) is 39.7. The number of hydrogen-bond acceptors (Lipinski definition) is 3. The molecule has 0 saturated carbocycles. The minimum Gasteiger partial charge on any atom is -0.355 e. The summed E-state index contributed by atoms with van der Waals surface area (Å²) in [6, 6.07) is 15.3. The number of rotatable bonds is 6. The lowest BCUT2D eigenvalue weighted by Gasteiger charge is -2.21. The van der Waals surface area contributed by atoms with Gasteiger partial charge >= 0.3 is 0 Å². The van der Waals surface area contributed by atoms with E-state index in [0.29, 0.717) is 34.4 Å². The van der Waals surface area contributed by atoms with Crippen molar-refractivity contribution in [3.05, 3.63) is 100 Å². The number of anilines is 1. The molecule has 4 rings (SSSR count). The van der Waals surface area contributed by atoms with Gasteiger partial charge < -0.3 is 15.1 Å². The molecule has 0 spiro atoms. The van der Waals surface area contributed by atoms with E-state index in [9.17, 15) is 23.2 Å². The standard InChI is InChI=1S/C25H21F2N3O3/c1-28-24(32)18-6-2-3-8-23(18)30(15-31)12-16-9-10-22(27)19(11-16)25(33)29-13-17-5-4-7-21(26)20(17)14-29/h2-11,15H,12-14H2,1H3,(H,28,32). The summed E-state index contributed by atoms with van der Waals surface area (Å²) in [6.07, 6.45) is 0.576. The Balaban J connectivity index is 1.59. The van der Waals surface area contributed by atoms with Gasteiger partial charge in [0.05, 0.1) is 23.4 Å². The van der Waals surface area contributed by atoms with Crippen LogP contribution in [-0.2, 0) is 24.4 Å². The Labute approximate surface area is 189 Å². The number of nitrogens with one attached hydrogen (secondary N) is 1. The maximum atomic E-state index is 14.6. The van der Waals surface area contributed by atoms with E-state index in [4.69, 9.17) is 0 Å². The summed E-state index contributed by atoms with van der Waals surface area (Å²) in [7, 11) is 1.49. The number of hydrogen-bond donors (Lipinski definition) is 1. The maximum absolute atomic E-state index is 14.6. The summed E-state index contributed by atoms with van der Waals surface area (Å²) in [5.74, 6) is -2.02. The second-order valence-corrected chi connectivity index (χ2v) is 7.68. The molecule has 0 radical (unpaired) electrons. The number of para-hydroxylation sites is 1. The number of amides is 3. The summed E-state index contributed by atoms with van der Waals surface area (Å²) in [5.41, 5.74) is 2.16. The van der Waals surface area contributed by atoms with Gasteiger partial charge in [-0.05, 0) is 41.5 Å². The van der Waals surface area contributed by atoms with E-state index in [1.54, 1.807) is 36.4 Å². The number of benzene rings is 3. The zero-order valence-corrected chi connectivity index (χ0v) is 17.8. The van der Waals surface area contributed by atoms with Crippen LogP contribution in [0.3, 0.4) is 0 Å². The lowest BCUT2D eigenvalue weighted by Crippen LogP contribution is -2.28. The zero-order chi connectivity index (χ0) is 23.5. The third-order valence-electron chi connectivity index (χ3n) is 5.64. The molecule has 1 aliphatic rings. The van der Waals surface area contributed by atoms with Crippen molar-refractivity contribution in [3.8, 4) is 0 Å². The highest BCUT2D eigenvalue weighted by Crippen LogP contribution is 2.28. The van der Waals surface area contributed by atoms with Crippen molar-refractivity contribution >= 4 is 23.9 Å². The molecule has 0 fully saturated rings. The van der Waals surface area contributed by atoms with Gasteiger partial charge in [0.25, 0.3) is 11.8 Å². The third-order valence-corrected chi connectivity index (χ3v) is 5.64. The van der Waals surface area contributed by atoms with Crippen LogP contribution < -0.4 is 10.2 Å². The van der Waals surface area contributed by atoms with Crippen molar-refractivity contribution in [1.82, 2.24) is 10.2 Å². The van der Waals surface area contributed by atoms with Crippen LogP contribution in [-0.4, -0.2) is 30.2 Å². The SMILES string of the molecule is CNC(=O)c1ccccc1N(C=O)Cc1ccc(F)c(C(=O)N2Cc3cccc(F)c3C2)c1. The molecule has 0 bridgehead atoms. The Morgan fingerprint density at radius 3 is 2.52 bits per heavy atom. The molecule has 3 amide bonds. The van der Waals surface area contributed by atoms with Crippen molar-refractivity contribution in [1.29, 1.82) is 0 Å². The smallest absolute Gasteiger partial charge is 0.257 e. The second kappa shape index (κ2) is 9.20. The van der Waals surface area contributed by atoms with Crippen LogP contribution in [0.4, 0.5) is 14.5 Å². The Bertz CT molecular complexity index is 1250. The molecule has 3 aromatic carbocycles. The first-order chi connectivity index (χ1) is 15.9. The summed E-state index contributed by atoms with van der Waals surface area (Å²) in [5, 5.41) is 2.53. The van der Waals surface area contributed by atoms with Gasteiger partial charge in [0.2, 0.25) is 6.41 Å². The molecule has 6 nitrogen and oxygen atoms in total. The van der Waals surface area contributed by atoms with Gasteiger partial charge in [0.15, 0.2) is 0 Å². The summed E-state index contributed by atoms with van der Waals surface area (Å²) in [6.45, 7) is 0.271. The van der Waals surface area contributed by atoms with Gasteiger partial charge in [-0.3, -0.25) is 14.4 Å². The first kappa shape index (κ1) is 22.1. The van der Waals surface area contributed by atoms with Crippen molar-refractivity contribution < 1.29 is 23.2 Å². The molecule has 1 aliphatic heterocycles. The number of fused-ring (bicyclic) bond motifs is 1. The number of halogens is 2. The summed E-state index contributed by atoms with van der Waals surface area (Å²) < 4.78 is 28.6. The molecule has 1 N–H and O–H groups in total. The first-order valence-electron chi connectivity index (χ1n) is 10.3. The Morgan fingerprint density at radius 1 is 1.00 bits per heavy atom. The molecule has 0 unspecified atom stereocenters. The molecule has 0 aliphatic carbocycles. The van der Waals surface area contributed by atoms with Crippen molar-refractivity contribution in [2.24, 2.45) is 0 Å². The largest absolute Gasteiger partial charge is 0.355 e. The number of carbonyl (C=O) groups is 3. The average Bonchev–Trinajstić information content (AvgIpc) is 3.28. The lowest BCUT2D eigenvalue weighted by atomic mass is 10.1. The van der Waals surface area contributed by atoms with Gasteiger partial charge in [0, 0.05) is 25.7 Å². The van der Waals surface area contributed by atoms with E-state index in [0.717, 1.165) is 0 Å². The van der Waals surface area contributed by atoms with E-state index in [-0.39, 0.29) is 31.1 Å². The van der Waals surface area contributed by atoms with Gasteiger partial charge in [0.1, 0.15) is 11.6 Å². The fourth-order valence-corrected chi connectivity index (χ4v) is 3.96. The van der Waals surface area contributed by atoms with Gasteiger partial charge in [-0.1, -0.05) is 30.3 Å². The molecular formula is C25H21F2N3O3. The minimum absolute atomic E-state index is 0.0208. The normalized spacial score (nSPS) is 12.3. The molecule has 8 heteroatoms. The Hall–Kier alpha value is -4.07. The van der Waals surface area contributed by atoms with Gasteiger partial charge in [-0.2, -0.15) is 0 Å². The summed E-state index contributed by atoms with van der Waals surface area (Å²) >= 11 is 0. The molecule has 0 saturated heterocycles. The van der Waals surface area contributed by atoms with E-state index >= 15 is 0 Å². The highest BCUT2D eigenvalue weighted by Gasteiger charge is 2.28. The molecule has 0 aromatic heterocycles. The molecule has 0 atom stereocenters. The Morgan fingerprint density at radius 2 is 1.79 bits per heavy atom. The first-order valence-corrected chi connectivity index (χ1v) is 10.3. The van der Waals surface area contributed by atoms with Gasteiger partial charge in [-0.25, -0.2) is 8.78 Å². The Kier molecular flexibility index (Phi) is 6.17. The van der Waals surface area contributed by atoms with Crippen LogP contribution in [0.5, 0.6) is 0 Å². The quantitative estimate of drug-likeness (QED) is 0.584. The van der Waals surface area contributed by atoms with Crippen molar-refractivity contribution in [3.63, 3.8) is 0 Å². The van der Waals surface area contributed by atoms with Crippen molar-refractivity contribution in [2.45, 2.75) is 19.6 Å². The minimum atomic E-state index is -0.705. The van der Waals surface area contributed by atoms with E-state index in [1.165, 1.54) is 41.1 Å². The molecular weight excluding hydrogens is 428 g/mol. The number of nitrogens with zero attached hydrogens (tertiary/aromatic N) is 2. The zero-order valence-electron chi connectivity index (χ0n) is 17.8. The third kappa shape index (κ3) is 4.32. The second-order valence-electron chi connectivity index (χ2n) is 7.68. The van der Waals surface area contributed by atoms with Crippen molar-refractivity contribution in [2.75, 3.05) is 11.9 Å². The highest BCUT2D eigenvalue weighted by molar-refractivity contribution is 6.01. The van der Waals surface area contributed by atoms with Crippen LogP contribution in [0.2, 0.25) is 0 Å². The maximum Gasteiger partial charge on any atom is 0.257 e. The molecule has 33 heavy (non-hydrogen) atoms. The number of carbonyl (C=O) groups excluding carboxylic acids is 3. The molecule has 3 aromatic rings. The van der Waals surface area contributed by atoms with Gasteiger partial charge in [-0.15, -0.1) is 0 Å². The van der Waals surface area contributed by atoms with Crippen LogP contribution >= 0.6 is 0 Å². The monoisotopic (exact) mass is 449 g/mol. The predicted molar refractivity (Wildman–Crippen MR) is 118 cm³/mol. The lowest BCUT2D eigenvalue weighted by molar-refractivity contribution is -0.107. The fraction of sp³-hybridized carbons (Fsp3) is 0.160. The van der Waals surface area contributed by atoms with E-state index in [2.05, 4.69) is 5.32 Å². The fourth-order valence-electron chi connectivity index (χ4n) is 3.96. The highest BCUT2D eigenvalue weighted by atomic mass is 19.1. The van der Waals surface area contributed by atoms with Crippen LogP contribution in [0.1, 0.15) is 37.4 Å². The molecule has 1 heterocycles. The van der Waals surface area contributed by atoms with E-state index < -0.39 is 17.5 Å². The predicted octanol–water partition coefficient (Wildman–Crippen LogP) is 3.64. The van der Waals surface area contributed by atoms with Crippen LogP contribution in [0, 0.1) is 11.6 Å². The van der Waals surface area contributed by atoms with Crippen LogP contribution in [0.25, 0.3) is 0 Å². The van der Waals surface area contributed by atoms with Crippen LogP contribution in [0.15, 0.2) is 60.7 Å². The molecule has 168 valence electrons. The average molecular weight is 449 g/mol. The topological polar surface area (TPSA) is 69.7 Å².